The summed E-state index contributed by atoms with van der Waals surface area (Å²) in [6.07, 6.45) is 7.41. The van der Waals surface area contributed by atoms with Crippen molar-refractivity contribution in [2.24, 2.45) is 10.9 Å². The summed E-state index contributed by atoms with van der Waals surface area (Å²) in [7, 11) is 0. The van der Waals surface area contributed by atoms with Gasteiger partial charge in [-0.15, -0.1) is 11.8 Å². The van der Waals surface area contributed by atoms with Crippen LogP contribution in [0.15, 0.2) is 4.99 Å². The molecule has 0 bridgehead atoms. The Hall–Kier alpha value is -0.490. The van der Waals surface area contributed by atoms with Gasteiger partial charge in [-0.3, -0.25) is 4.99 Å². The summed E-state index contributed by atoms with van der Waals surface area (Å²) in [6.45, 7) is 0. The summed E-state index contributed by atoms with van der Waals surface area (Å²) in [5.41, 5.74) is 0. The van der Waals surface area contributed by atoms with Crippen molar-refractivity contribution >= 4 is 16.8 Å². The van der Waals surface area contributed by atoms with Crippen LogP contribution in [0, 0.1) is 17.2 Å². The Balaban J connectivity index is 1.90. The average molecular weight is 208 g/mol. The molecule has 76 valence electrons. The first kappa shape index (κ1) is 10.0. The number of aliphatic imine (C=N–C) groups is 1. The van der Waals surface area contributed by atoms with E-state index in [9.17, 15) is 0 Å². The van der Waals surface area contributed by atoms with Crippen molar-refractivity contribution in [3.8, 4) is 6.07 Å². The minimum Gasteiger partial charge on any atom is -0.277 e. The van der Waals surface area contributed by atoms with Crippen molar-refractivity contribution < 1.29 is 0 Å². The molecule has 2 aliphatic rings. The van der Waals surface area contributed by atoms with Crippen LogP contribution in [0.5, 0.6) is 0 Å². The summed E-state index contributed by atoms with van der Waals surface area (Å²) in [5, 5.41) is 9.65. The third-order valence-corrected chi connectivity index (χ3v) is 4.25. The molecule has 0 aromatic heterocycles. The number of hydrogen-bond acceptors (Lipinski definition) is 3. The van der Waals surface area contributed by atoms with Gasteiger partial charge in [0.1, 0.15) is 0 Å². The summed E-state index contributed by atoms with van der Waals surface area (Å²) < 4.78 is 0. The zero-order valence-electron chi connectivity index (χ0n) is 8.41. The topological polar surface area (TPSA) is 36.1 Å². The van der Waals surface area contributed by atoms with E-state index in [1.165, 1.54) is 32.1 Å². The SMILES string of the molecule is N#CCC1=NC(C2CCCCC2)CS1. The molecule has 0 spiro atoms. The number of hydrogen-bond donors (Lipinski definition) is 0. The molecule has 1 aliphatic carbocycles. The molecule has 3 heteroatoms. The Bertz CT molecular complexity index is 261. The van der Waals surface area contributed by atoms with Gasteiger partial charge in [-0.2, -0.15) is 5.26 Å². The summed E-state index contributed by atoms with van der Waals surface area (Å²) >= 11 is 1.80. The largest absolute Gasteiger partial charge is 0.277 e. The maximum Gasteiger partial charge on any atom is 0.0831 e. The monoisotopic (exact) mass is 208 g/mol. The Morgan fingerprint density at radius 1 is 1.36 bits per heavy atom. The second-order valence-electron chi connectivity index (χ2n) is 4.13. The van der Waals surface area contributed by atoms with E-state index in [4.69, 9.17) is 5.26 Å². The van der Waals surface area contributed by atoms with E-state index >= 15 is 0 Å². The zero-order valence-corrected chi connectivity index (χ0v) is 9.22. The molecule has 0 saturated heterocycles. The molecule has 14 heavy (non-hydrogen) atoms. The number of nitrogens with zero attached hydrogens (tertiary/aromatic N) is 2. The van der Waals surface area contributed by atoms with Gasteiger partial charge < -0.3 is 0 Å². The van der Waals surface area contributed by atoms with Crippen LogP contribution in [-0.4, -0.2) is 16.8 Å². The molecule has 1 saturated carbocycles. The lowest BCUT2D eigenvalue weighted by Crippen LogP contribution is -2.21. The van der Waals surface area contributed by atoms with E-state index < -0.39 is 0 Å². The van der Waals surface area contributed by atoms with Crippen LogP contribution in [0.3, 0.4) is 0 Å². The highest BCUT2D eigenvalue weighted by molar-refractivity contribution is 8.14. The van der Waals surface area contributed by atoms with E-state index in [0.717, 1.165) is 16.7 Å². The molecular formula is C11H16N2S. The number of rotatable bonds is 2. The van der Waals surface area contributed by atoms with Crippen LogP contribution in [-0.2, 0) is 0 Å². The van der Waals surface area contributed by atoms with Gasteiger partial charge in [0.25, 0.3) is 0 Å². The van der Waals surface area contributed by atoms with Crippen LogP contribution in [0.4, 0.5) is 0 Å². The molecule has 0 aromatic carbocycles. The standard InChI is InChI=1S/C11H16N2S/c12-7-6-11-13-10(8-14-11)9-4-2-1-3-5-9/h9-10H,1-6,8H2. The first-order valence-corrected chi connectivity index (χ1v) is 6.45. The normalized spacial score (nSPS) is 28.5. The highest BCUT2D eigenvalue weighted by Crippen LogP contribution is 2.33. The quantitative estimate of drug-likeness (QED) is 0.699. The van der Waals surface area contributed by atoms with Gasteiger partial charge in [-0.05, 0) is 18.8 Å². The third kappa shape index (κ3) is 2.30. The van der Waals surface area contributed by atoms with Gasteiger partial charge in [0, 0.05) is 5.75 Å². The van der Waals surface area contributed by atoms with Gasteiger partial charge in [0.05, 0.1) is 23.6 Å². The smallest absolute Gasteiger partial charge is 0.0831 e. The Labute approximate surface area is 89.8 Å². The van der Waals surface area contributed by atoms with E-state index in [2.05, 4.69) is 11.1 Å². The molecule has 0 aromatic rings. The molecule has 2 rings (SSSR count). The minimum absolute atomic E-state index is 0.522. The van der Waals surface area contributed by atoms with Crippen LogP contribution >= 0.6 is 11.8 Å². The molecular weight excluding hydrogens is 192 g/mol. The van der Waals surface area contributed by atoms with Crippen LogP contribution in [0.2, 0.25) is 0 Å². The molecule has 1 unspecified atom stereocenters. The average Bonchev–Trinajstić information content (AvgIpc) is 2.68. The fraction of sp³-hybridized carbons (Fsp3) is 0.818. The Morgan fingerprint density at radius 3 is 2.86 bits per heavy atom. The molecule has 1 atom stereocenters. The first-order valence-electron chi connectivity index (χ1n) is 5.46. The van der Waals surface area contributed by atoms with Gasteiger partial charge in [-0.1, -0.05) is 19.3 Å². The van der Waals surface area contributed by atoms with Gasteiger partial charge >= 0.3 is 0 Å². The lowest BCUT2D eigenvalue weighted by atomic mass is 9.85. The van der Waals surface area contributed by atoms with Crippen molar-refractivity contribution in [2.75, 3.05) is 5.75 Å². The van der Waals surface area contributed by atoms with Crippen molar-refractivity contribution in [3.05, 3.63) is 0 Å². The molecule has 0 N–H and O–H groups in total. The van der Waals surface area contributed by atoms with Crippen molar-refractivity contribution in [1.29, 1.82) is 5.26 Å². The predicted octanol–water partition coefficient (Wildman–Crippen LogP) is 2.99. The van der Waals surface area contributed by atoms with E-state index in [-0.39, 0.29) is 0 Å². The molecule has 0 radical (unpaired) electrons. The molecule has 1 aliphatic heterocycles. The van der Waals surface area contributed by atoms with Crippen molar-refractivity contribution in [3.63, 3.8) is 0 Å². The molecule has 1 fully saturated rings. The van der Waals surface area contributed by atoms with Crippen molar-refractivity contribution in [1.82, 2.24) is 0 Å². The van der Waals surface area contributed by atoms with Crippen LogP contribution in [0.1, 0.15) is 38.5 Å². The fourth-order valence-corrected chi connectivity index (χ4v) is 3.45. The lowest BCUT2D eigenvalue weighted by molar-refractivity contribution is 0.322. The van der Waals surface area contributed by atoms with Gasteiger partial charge in [-0.25, -0.2) is 0 Å². The summed E-state index contributed by atoms with van der Waals surface area (Å²) in [4.78, 5) is 4.66. The lowest BCUT2D eigenvalue weighted by Gasteiger charge is -2.24. The van der Waals surface area contributed by atoms with Crippen LogP contribution < -0.4 is 0 Å². The first-order chi connectivity index (χ1) is 6.90. The van der Waals surface area contributed by atoms with E-state index in [0.29, 0.717) is 12.5 Å². The van der Waals surface area contributed by atoms with Crippen molar-refractivity contribution in [2.45, 2.75) is 44.6 Å². The highest BCUT2D eigenvalue weighted by Gasteiger charge is 2.27. The van der Waals surface area contributed by atoms with Crippen LogP contribution in [0.25, 0.3) is 0 Å². The number of thioether (sulfide) groups is 1. The second-order valence-corrected chi connectivity index (χ2v) is 5.23. The van der Waals surface area contributed by atoms with E-state index in [1.54, 1.807) is 11.8 Å². The Kier molecular flexibility index (Phi) is 3.47. The van der Waals surface area contributed by atoms with Gasteiger partial charge in [0.2, 0.25) is 0 Å². The molecule has 1 heterocycles. The third-order valence-electron chi connectivity index (χ3n) is 3.15. The molecule has 0 amide bonds. The highest BCUT2D eigenvalue weighted by atomic mass is 32.2. The Morgan fingerprint density at radius 2 is 2.14 bits per heavy atom. The summed E-state index contributed by atoms with van der Waals surface area (Å²) in [6, 6.07) is 2.71. The maximum atomic E-state index is 8.58. The fourth-order valence-electron chi connectivity index (χ4n) is 2.37. The minimum atomic E-state index is 0.522. The van der Waals surface area contributed by atoms with Gasteiger partial charge in [0.15, 0.2) is 0 Å². The summed E-state index contributed by atoms with van der Waals surface area (Å²) in [5.74, 6) is 1.94. The van der Waals surface area contributed by atoms with E-state index in [1.807, 2.05) is 0 Å². The molecule has 2 nitrogen and oxygen atoms in total. The number of nitriles is 1. The maximum absolute atomic E-state index is 8.58. The zero-order chi connectivity index (χ0) is 9.80. The second kappa shape index (κ2) is 4.84. The predicted molar refractivity (Wildman–Crippen MR) is 60.5 cm³/mol.